The highest BCUT2D eigenvalue weighted by Gasteiger charge is 2.30. The Morgan fingerprint density at radius 1 is 1.06 bits per heavy atom. The second kappa shape index (κ2) is 11.0. The summed E-state index contributed by atoms with van der Waals surface area (Å²) in [4.78, 5) is 28.1. The van der Waals surface area contributed by atoms with E-state index < -0.39 is 6.04 Å². The highest BCUT2D eigenvalue weighted by atomic mass is 16.5. The van der Waals surface area contributed by atoms with Crippen molar-refractivity contribution in [3.63, 3.8) is 0 Å². The topological polar surface area (TPSA) is 58.6 Å². The maximum Gasteiger partial charge on any atom is 0.243 e. The summed E-state index contributed by atoms with van der Waals surface area (Å²) < 4.78 is 5.33. The van der Waals surface area contributed by atoms with Gasteiger partial charge in [-0.25, -0.2) is 0 Å². The second-order valence-corrected chi connectivity index (χ2v) is 9.02. The van der Waals surface area contributed by atoms with Gasteiger partial charge in [-0.3, -0.25) is 9.59 Å². The Balaban J connectivity index is 2.24. The van der Waals surface area contributed by atoms with Crippen molar-refractivity contribution in [3.05, 3.63) is 65.2 Å². The molecule has 0 aliphatic rings. The Bertz CT molecular complexity index is 869. The Kier molecular flexibility index (Phi) is 8.66. The van der Waals surface area contributed by atoms with Crippen LogP contribution in [0.4, 0.5) is 0 Å². The number of nitrogens with one attached hydrogen (secondary N) is 1. The molecular weight excluding hydrogens is 388 g/mol. The van der Waals surface area contributed by atoms with Crippen molar-refractivity contribution in [2.24, 2.45) is 0 Å². The molecule has 0 bridgehead atoms. The molecule has 0 saturated heterocycles. The number of methoxy groups -OCH3 is 1. The first kappa shape index (κ1) is 24.4. The van der Waals surface area contributed by atoms with Crippen LogP contribution in [0, 0.1) is 6.92 Å². The maximum absolute atomic E-state index is 13.3. The smallest absolute Gasteiger partial charge is 0.243 e. The Hall–Kier alpha value is -2.82. The summed E-state index contributed by atoms with van der Waals surface area (Å²) in [6.07, 6.45) is 1.54. The van der Waals surface area contributed by atoms with E-state index in [0.29, 0.717) is 25.8 Å². The maximum atomic E-state index is 13.3. The third-order valence-electron chi connectivity index (χ3n) is 5.12. The molecule has 2 rings (SSSR count). The largest absolute Gasteiger partial charge is 0.497 e. The van der Waals surface area contributed by atoms with E-state index in [-0.39, 0.29) is 17.4 Å². The van der Waals surface area contributed by atoms with Crippen molar-refractivity contribution < 1.29 is 14.3 Å². The highest BCUT2D eigenvalue weighted by Crippen LogP contribution is 2.19. The first-order chi connectivity index (χ1) is 14.6. The molecule has 0 saturated carbocycles. The number of nitrogens with zero attached hydrogens (tertiary/aromatic N) is 1. The van der Waals surface area contributed by atoms with Crippen LogP contribution in [0.1, 0.15) is 57.2 Å². The number of ether oxygens (including phenoxy) is 1. The molecule has 5 nitrogen and oxygen atoms in total. The molecule has 0 fully saturated rings. The van der Waals surface area contributed by atoms with Crippen LogP contribution < -0.4 is 10.1 Å². The van der Waals surface area contributed by atoms with Crippen LogP contribution in [0.25, 0.3) is 0 Å². The van der Waals surface area contributed by atoms with Crippen LogP contribution >= 0.6 is 0 Å². The van der Waals surface area contributed by atoms with Gasteiger partial charge < -0.3 is 15.0 Å². The summed E-state index contributed by atoms with van der Waals surface area (Å²) in [5, 5.41) is 3.04. The predicted octanol–water partition coefficient (Wildman–Crippen LogP) is 4.66. The van der Waals surface area contributed by atoms with Gasteiger partial charge >= 0.3 is 0 Å². The Morgan fingerprint density at radius 2 is 1.74 bits per heavy atom. The molecule has 31 heavy (non-hydrogen) atoms. The van der Waals surface area contributed by atoms with Crippen LogP contribution in [0.3, 0.4) is 0 Å². The van der Waals surface area contributed by atoms with E-state index in [2.05, 4.69) is 29.6 Å². The first-order valence-corrected chi connectivity index (χ1v) is 10.9. The van der Waals surface area contributed by atoms with Crippen molar-refractivity contribution >= 4 is 11.8 Å². The normalized spacial score (nSPS) is 12.2. The number of carbonyl (C=O) groups is 2. The molecule has 0 aliphatic heterocycles. The summed E-state index contributed by atoms with van der Waals surface area (Å²) in [5.74, 6) is 0.581. The zero-order valence-electron chi connectivity index (χ0n) is 19.7. The summed E-state index contributed by atoms with van der Waals surface area (Å²) in [7, 11) is 1.62. The SMILES string of the molecule is CC[C@@H](C(=O)NC(C)(C)C)N(Cc1cccc(OC)c1)C(=O)CCc1ccc(C)cc1. The monoisotopic (exact) mass is 424 g/mol. The second-order valence-electron chi connectivity index (χ2n) is 9.02. The van der Waals surface area contributed by atoms with Crippen LogP contribution in [0.2, 0.25) is 0 Å². The minimum Gasteiger partial charge on any atom is -0.497 e. The lowest BCUT2D eigenvalue weighted by Crippen LogP contribution is -2.53. The summed E-state index contributed by atoms with van der Waals surface area (Å²) >= 11 is 0. The third-order valence-corrected chi connectivity index (χ3v) is 5.12. The molecule has 2 aromatic carbocycles. The fourth-order valence-electron chi connectivity index (χ4n) is 3.49. The average Bonchev–Trinajstić information content (AvgIpc) is 2.71. The van der Waals surface area contributed by atoms with Crippen LogP contribution in [0.5, 0.6) is 5.75 Å². The van der Waals surface area contributed by atoms with E-state index in [1.165, 1.54) is 5.56 Å². The Labute approximate surface area is 186 Å². The molecule has 0 radical (unpaired) electrons. The zero-order valence-corrected chi connectivity index (χ0v) is 19.7. The molecule has 2 amide bonds. The van der Waals surface area contributed by atoms with Crippen molar-refractivity contribution in [3.8, 4) is 5.75 Å². The number of hydrogen-bond acceptors (Lipinski definition) is 3. The first-order valence-electron chi connectivity index (χ1n) is 10.9. The van der Waals surface area contributed by atoms with E-state index in [1.807, 2.05) is 58.9 Å². The summed E-state index contributed by atoms with van der Waals surface area (Å²) in [6, 6.07) is 15.3. The van der Waals surface area contributed by atoms with E-state index >= 15 is 0 Å². The molecule has 0 heterocycles. The minimum absolute atomic E-state index is 0.0284. The van der Waals surface area contributed by atoms with Crippen molar-refractivity contribution in [2.75, 3.05) is 7.11 Å². The van der Waals surface area contributed by atoms with Gasteiger partial charge in [0.1, 0.15) is 11.8 Å². The van der Waals surface area contributed by atoms with Crippen molar-refractivity contribution in [1.82, 2.24) is 10.2 Å². The number of carbonyl (C=O) groups excluding carboxylic acids is 2. The molecule has 0 aliphatic carbocycles. The molecular formula is C26H36N2O3. The van der Waals surface area contributed by atoms with E-state index in [0.717, 1.165) is 16.9 Å². The molecule has 0 unspecified atom stereocenters. The lowest BCUT2D eigenvalue weighted by atomic mass is 10.0. The van der Waals surface area contributed by atoms with E-state index in [9.17, 15) is 9.59 Å². The molecule has 2 aromatic rings. The summed E-state index contributed by atoms with van der Waals surface area (Å²) in [6.45, 7) is 10.2. The molecule has 168 valence electrons. The third kappa shape index (κ3) is 7.74. The quantitative estimate of drug-likeness (QED) is 0.637. The highest BCUT2D eigenvalue weighted by molar-refractivity contribution is 5.88. The van der Waals surface area contributed by atoms with Crippen molar-refractivity contribution in [2.45, 2.75) is 72.0 Å². The molecule has 5 heteroatoms. The summed E-state index contributed by atoms with van der Waals surface area (Å²) in [5.41, 5.74) is 2.88. The zero-order chi connectivity index (χ0) is 23.0. The van der Waals surface area contributed by atoms with Crippen LogP contribution in [0.15, 0.2) is 48.5 Å². The van der Waals surface area contributed by atoms with Gasteiger partial charge in [-0.15, -0.1) is 0 Å². The lowest BCUT2D eigenvalue weighted by Gasteiger charge is -2.33. The van der Waals surface area contributed by atoms with Gasteiger partial charge in [0.2, 0.25) is 11.8 Å². The van der Waals surface area contributed by atoms with Crippen molar-refractivity contribution in [1.29, 1.82) is 0 Å². The minimum atomic E-state index is -0.532. The van der Waals surface area contributed by atoms with E-state index in [1.54, 1.807) is 12.0 Å². The predicted molar refractivity (Wildman–Crippen MR) is 125 cm³/mol. The van der Waals surface area contributed by atoms with Gasteiger partial charge in [0, 0.05) is 18.5 Å². The van der Waals surface area contributed by atoms with Crippen LogP contribution in [-0.4, -0.2) is 35.4 Å². The number of aryl methyl sites for hydroxylation is 2. The fourth-order valence-corrected chi connectivity index (χ4v) is 3.49. The number of amides is 2. The standard InChI is InChI=1S/C26H36N2O3/c1-7-23(25(30)27-26(3,4)5)28(18-21-9-8-10-22(17-21)31-6)24(29)16-15-20-13-11-19(2)12-14-20/h8-14,17,23H,7,15-16,18H2,1-6H3,(H,27,30)/t23-/m0/s1. The fraction of sp³-hybridized carbons (Fsp3) is 0.462. The van der Waals surface area contributed by atoms with Gasteiger partial charge in [-0.05, 0) is 63.8 Å². The number of rotatable bonds is 9. The average molecular weight is 425 g/mol. The van der Waals surface area contributed by atoms with Gasteiger partial charge in [-0.2, -0.15) is 0 Å². The van der Waals surface area contributed by atoms with E-state index in [4.69, 9.17) is 4.74 Å². The molecule has 0 aromatic heterocycles. The van der Waals surface area contributed by atoms with Gasteiger partial charge in [-0.1, -0.05) is 48.9 Å². The molecule has 1 N–H and O–H groups in total. The number of benzene rings is 2. The van der Waals surface area contributed by atoms with Gasteiger partial charge in [0.25, 0.3) is 0 Å². The Morgan fingerprint density at radius 3 is 2.32 bits per heavy atom. The molecule has 0 spiro atoms. The number of hydrogen-bond donors (Lipinski definition) is 1. The molecule has 1 atom stereocenters. The lowest BCUT2D eigenvalue weighted by molar-refractivity contribution is -0.142. The van der Waals surface area contributed by atoms with Gasteiger partial charge in [0.15, 0.2) is 0 Å². The van der Waals surface area contributed by atoms with Gasteiger partial charge in [0.05, 0.1) is 7.11 Å². The van der Waals surface area contributed by atoms with Crippen LogP contribution in [-0.2, 0) is 22.6 Å².